The van der Waals surface area contributed by atoms with Gasteiger partial charge in [-0.1, -0.05) is 30.3 Å². The van der Waals surface area contributed by atoms with E-state index in [2.05, 4.69) is 10.6 Å². The molecule has 0 radical (unpaired) electrons. The van der Waals surface area contributed by atoms with Crippen molar-refractivity contribution < 1.29 is 18.4 Å². The third kappa shape index (κ3) is 6.09. The lowest BCUT2D eigenvalue weighted by Crippen LogP contribution is -2.41. The molecule has 0 spiro atoms. The van der Waals surface area contributed by atoms with E-state index in [1.165, 1.54) is 29.2 Å². The first-order valence-corrected chi connectivity index (χ1v) is 7.71. The molecule has 8 heteroatoms. The Morgan fingerprint density at radius 3 is 2.23 bits per heavy atom. The van der Waals surface area contributed by atoms with Crippen molar-refractivity contribution in [2.75, 3.05) is 25.5 Å². The van der Waals surface area contributed by atoms with Crippen LogP contribution < -0.4 is 10.6 Å². The van der Waals surface area contributed by atoms with Gasteiger partial charge in [-0.25, -0.2) is 8.78 Å². The topological polar surface area (TPSA) is 61.4 Å². The highest BCUT2D eigenvalue weighted by atomic mass is 35.5. The highest BCUT2D eigenvalue weighted by Crippen LogP contribution is 2.13. The number of benzene rings is 2. The van der Waals surface area contributed by atoms with Crippen molar-refractivity contribution in [3.63, 3.8) is 0 Å². The van der Waals surface area contributed by atoms with Crippen molar-refractivity contribution in [1.82, 2.24) is 10.2 Å². The Labute approximate surface area is 156 Å². The number of rotatable bonds is 7. The molecular weight excluding hydrogens is 364 g/mol. The summed E-state index contributed by atoms with van der Waals surface area (Å²) >= 11 is 0. The van der Waals surface area contributed by atoms with Crippen LogP contribution in [0.15, 0.2) is 48.5 Å². The van der Waals surface area contributed by atoms with E-state index in [-0.39, 0.29) is 43.6 Å². The third-order valence-corrected chi connectivity index (χ3v) is 3.48. The summed E-state index contributed by atoms with van der Waals surface area (Å²) < 4.78 is 27.4. The van der Waals surface area contributed by atoms with Gasteiger partial charge >= 0.3 is 0 Å². The first-order chi connectivity index (χ1) is 12.0. The lowest BCUT2D eigenvalue weighted by molar-refractivity contribution is -0.134. The van der Waals surface area contributed by atoms with Crippen LogP contribution in [-0.2, 0) is 16.1 Å². The molecule has 2 aromatic carbocycles. The maximum absolute atomic E-state index is 13.8. The molecule has 2 amide bonds. The van der Waals surface area contributed by atoms with Gasteiger partial charge in [-0.05, 0) is 25.2 Å². The zero-order valence-corrected chi connectivity index (χ0v) is 15.0. The number of para-hydroxylation sites is 1. The van der Waals surface area contributed by atoms with Crippen molar-refractivity contribution >= 4 is 29.9 Å². The lowest BCUT2D eigenvalue weighted by Gasteiger charge is -2.22. The van der Waals surface area contributed by atoms with E-state index in [4.69, 9.17) is 0 Å². The van der Waals surface area contributed by atoms with Crippen LogP contribution in [0.2, 0.25) is 0 Å². The van der Waals surface area contributed by atoms with E-state index in [1.807, 2.05) is 0 Å². The predicted octanol–water partition coefficient (Wildman–Crippen LogP) is 2.57. The minimum Gasteiger partial charge on any atom is -0.328 e. The van der Waals surface area contributed by atoms with Crippen LogP contribution in [0.25, 0.3) is 0 Å². The van der Waals surface area contributed by atoms with Crippen molar-refractivity contribution in [2.45, 2.75) is 6.54 Å². The second-order valence-electron chi connectivity index (χ2n) is 5.40. The Kier molecular flexibility index (Phi) is 8.67. The number of carbonyl (C=O) groups is 2. The number of halogens is 3. The van der Waals surface area contributed by atoms with Gasteiger partial charge in [0.2, 0.25) is 11.8 Å². The number of hydrogen-bond donors (Lipinski definition) is 2. The molecular formula is C18H20ClF2N3O2. The summed E-state index contributed by atoms with van der Waals surface area (Å²) in [7, 11) is 1.60. The third-order valence-electron chi connectivity index (χ3n) is 3.48. The van der Waals surface area contributed by atoms with Gasteiger partial charge in [-0.15, -0.1) is 12.4 Å². The highest BCUT2D eigenvalue weighted by molar-refractivity contribution is 5.94. The molecule has 0 saturated heterocycles. The smallest absolute Gasteiger partial charge is 0.244 e. The number of carbonyl (C=O) groups excluding carboxylic acids is 2. The SMILES string of the molecule is CNCC(=O)N(CC(=O)Nc1ccccc1F)Cc1ccccc1F.Cl. The predicted molar refractivity (Wildman–Crippen MR) is 98.0 cm³/mol. The molecule has 5 nitrogen and oxygen atoms in total. The van der Waals surface area contributed by atoms with Crippen LogP contribution in [0, 0.1) is 11.6 Å². The van der Waals surface area contributed by atoms with Gasteiger partial charge in [0.1, 0.15) is 18.2 Å². The number of amides is 2. The standard InChI is InChI=1S/C18H19F2N3O2.ClH/c1-21-10-18(25)23(11-13-6-2-3-7-14(13)19)12-17(24)22-16-9-5-4-8-15(16)20;/h2-9,21H,10-12H2,1H3,(H,22,24);1H. The van der Waals surface area contributed by atoms with E-state index in [0.717, 1.165) is 0 Å². The molecule has 0 saturated carbocycles. The van der Waals surface area contributed by atoms with E-state index in [9.17, 15) is 18.4 Å². The Hall–Kier alpha value is -2.51. The fourth-order valence-electron chi connectivity index (χ4n) is 2.25. The van der Waals surface area contributed by atoms with Crippen LogP contribution in [-0.4, -0.2) is 36.9 Å². The van der Waals surface area contributed by atoms with Gasteiger partial charge < -0.3 is 15.5 Å². The molecule has 0 unspecified atom stereocenters. The summed E-state index contributed by atoms with van der Waals surface area (Å²) in [5.74, 6) is -1.96. The average molecular weight is 384 g/mol. The number of hydrogen-bond acceptors (Lipinski definition) is 3. The Morgan fingerprint density at radius 2 is 1.62 bits per heavy atom. The van der Waals surface area contributed by atoms with Crippen LogP contribution in [0.1, 0.15) is 5.56 Å². The maximum atomic E-state index is 13.8. The normalized spacial score (nSPS) is 9.96. The van der Waals surface area contributed by atoms with E-state index in [0.29, 0.717) is 5.56 Å². The minimum absolute atomic E-state index is 0. The fourth-order valence-corrected chi connectivity index (χ4v) is 2.25. The molecule has 2 aromatic rings. The van der Waals surface area contributed by atoms with Crippen LogP contribution >= 0.6 is 12.4 Å². The molecule has 0 aliphatic rings. The molecule has 0 heterocycles. The summed E-state index contributed by atoms with van der Waals surface area (Å²) in [6.45, 7) is -0.373. The summed E-state index contributed by atoms with van der Waals surface area (Å²) in [5.41, 5.74) is 0.324. The number of likely N-dealkylation sites (N-methyl/N-ethyl adjacent to an activating group) is 1. The minimum atomic E-state index is -0.571. The quantitative estimate of drug-likeness (QED) is 0.772. The fraction of sp³-hybridized carbons (Fsp3) is 0.222. The van der Waals surface area contributed by atoms with Crippen LogP contribution in [0.5, 0.6) is 0 Å². The molecule has 0 aliphatic heterocycles. The summed E-state index contributed by atoms with van der Waals surface area (Å²) in [4.78, 5) is 25.6. The van der Waals surface area contributed by atoms with E-state index < -0.39 is 17.5 Å². The van der Waals surface area contributed by atoms with E-state index in [1.54, 1.807) is 31.3 Å². The van der Waals surface area contributed by atoms with Gasteiger partial charge in [0.25, 0.3) is 0 Å². The summed E-state index contributed by atoms with van der Waals surface area (Å²) in [6.07, 6.45) is 0. The summed E-state index contributed by atoms with van der Waals surface area (Å²) in [5, 5.41) is 5.12. The summed E-state index contributed by atoms with van der Waals surface area (Å²) in [6, 6.07) is 11.8. The second-order valence-corrected chi connectivity index (χ2v) is 5.40. The maximum Gasteiger partial charge on any atom is 0.244 e. The van der Waals surface area contributed by atoms with Crippen LogP contribution in [0.3, 0.4) is 0 Å². The number of anilines is 1. The molecule has 0 bridgehead atoms. The Morgan fingerprint density at radius 1 is 1.00 bits per heavy atom. The van der Waals surface area contributed by atoms with Crippen molar-refractivity contribution in [2.24, 2.45) is 0 Å². The molecule has 26 heavy (non-hydrogen) atoms. The van der Waals surface area contributed by atoms with Crippen molar-refractivity contribution in [1.29, 1.82) is 0 Å². The highest BCUT2D eigenvalue weighted by Gasteiger charge is 2.19. The second kappa shape index (κ2) is 10.5. The van der Waals surface area contributed by atoms with Crippen molar-refractivity contribution in [3.05, 3.63) is 65.7 Å². The van der Waals surface area contributed by atoms with Gasteiger partial charge in [-0.2, -0.15) is 0 Å². The molecule has 0 aromatic heterocycles. The zero-order valence-electron chi connectivity index (χ0n) is 14.2. The Balaban J connectivity index is 0.00000338. The van der Waals surface area contributed by atoms with Gasteiger partial charge in [0, 0.05) is 12.1 Å². The first kappa shape index (κ1) is 21.5. The van der Waals surface area contributed by atoms with Gasteiger partial charge in [0.05, 0.1) is 12.2 Å². The Bertz CT molecular complexity index is 759. The van der Waals surface area contributed by atoms with E-state index >= 15 is 0 Å². The molecule has 2 rings (SSSR count). The number of nitrogens with zero attached hydrogens (tertiary/aromatic N) is 1. The van der Waals surface area contributed by atoms with Crippen LogP contribution in [0.4, 0.5) is 14.5 Å². The zero-order chi connectivity index (χ0) is 18.2. The first-order valence-electron chi connectivity index (χ1n) is 7.71. The molecule has 2 N–H and O–H groups in total. The molecule has 0 atom stereocenters. The molecule has 0 aliphatic carbocycles. The van der Waals surface area contributed by atoms with Gasteiger partial charge in [0.15, 0.2) is 0 Å². The lowest BCUT2D eigenvalue weighted by atomic mass is 10.2. The number of nitrogens with one attached hydrogen (secondary N) is 2. The largest absolute Gasteiger partial charge is 0.328 e. The van der Waals surface area contributed by atoms with Gasteiger partial charge in [-0.3, -0.25) is 9.59 Å². The van der Waals surface area contributed by atoms with Crippen molar-refractivity contribution in [3.8, 4) is 0 Å². The molecule has 140 valence electrons. The monoisotopic (exact) mass is 383 g/mol. The molecule has 0 fully saturated rings. The average Bonchev–Trinajstić information content (AvgIpc) is 2.58.